The van der Waals surface area contributed by atoms with Crippen LogP contribution in [-0.2, 0) is 0 Å². The van der Waals surface area contributed by atoms with Gasteiger partial charge in [0, 0.05) is 12.4 Å². The van der Waals surface area contributed by atoms with Gasteiger partial charge in [-0.05, 0) is 50.1 Å². The van der Waals surface area contributed by atoms with E-state index in [-0.39, 0.29) is 0 Å². The summed E-state index contributed by atoms with van der Waals surface area (Å²) in [6, 6.07) is 4.05. The molecule has 0 saturated carbocycles. The van der Waals surface area contributed by atoms with E-state index in [2.05, 4.69) is 18.8 Å². The van der Waals surface area contributed by atoms with E-state index in [9.17, 15) is 0 Å². The lowest BCUT2D eigenvalue weighted by atomic mass is 10.00. The molecule has 70 valence electrons. The van der Waals surface area contributed by atoms with Gasteiger partial charge in [-0.2, -0.15) is 0 Å². The average molecular weight is 176 g/mol. The molecule has 2 heteroatoms. The highest BCUT2D eigenvalue weighted by atomic mass is 14.6. The minimum Gasteiger partial charge on any atom is -0.330 e. The van der Waals surface area contributed by atoms with Crippen molar-refractivity contribution in [2.45, 2.75) is 20.3 Å². The standard InChI is InChI=1S/C11H16N2/c1-9(2)11(3-6-12)10-4-7-13-8-5-10/h4-5,7-8H,3,6,12H2,1-2H3. The van der Waals surface area contributed by atoms with Crippen LogP contribution >= 0.6 is 0 Å². The molecule has 0 spiro atoms. The summed E-state index contributed by atoms with van der Waals surface area (Å²) in [5, 5.41) is 0. The Morgan fingerprint density at radius 3 is 2.38 bits per heavy atom. The van der Waals surface area contributed by atoms with Crippen molar-refractivity contribution >= 4 is 5.57 Å². The van der Waals surface area contributed by atoms with Gasteiger partial charge in [0.25, 0.3) is 0 Å². The third-order valence-corrected chi connectivity index (χ3v) is 2.03. The lowest BCUT2D eigenvalue weighted by molar-refractivity contribution is 1.01. The number of hydrogen-bond acceptors (Lipinski definition) is 2. The quantitative estimate of drug-likeness (QED) is 0.767. The Bertz CT molecular complexity index is 284. The number of pyridine rings is 1. The minimum atomic E-state index is 0.697. The molecular weight excluding hydrogens is 160 g/mol. The number of hydrogen-bond donors (Lipinski definition) is 1. The van der Waals surface area contributed by atoms with Crippen LogP contribution in [0.5, 0.6) is 0 Å². The zero-order valence-electron chi connectivity index (χ0n) is 8.25. The summed E-state index contributed by atoms with van der Waals surface area (Å²) in [6.45, 7) is 4.93. The lowest BCUT2D eigenvalue weighted by Gasteiger charge is -2.08. The molecule has 0 atom stereocenters. The van der Waals surface area contributed by atoms with Gasteiger partial charge in [0.15, 0.2) is 0 Å². The Morgan fingerprint density at radius 1 is 1.31 bits per heavy atom. The third kappa shape index (κ3) is 2.67. The monoisotopic (exact) mass is 176 g/mol. The van der Waals surface area contributed by atoms with Gasteiger partial charge in [-0.3, -0.25) is 4.98 Å². The van der Waals surface area contributed by atoms with Crippen molar-refractivity contribution in [2.24, 2.45) is 5.73 Å². The van der Waals surface area contributed by atoms with Crippen LogP contribution in [0.3, 0.4) is 0 Å². The summed E-state index contributed by atoms with van der Waals surface area (Å²) in [7, 11) is 0. The fourth-order valence-electron chi connectivity index (χ4n) is 1.38. The number of aromatic nitrogens is 1. The second-order valence-corrected chi connectivity index (χ2v) is 3.25. The van der Waals surface area contributed by atoms with Crippen LogP contribution in [0.2, 0.25) is 0 Å². The summed E-state index contributed by atoms with van der Waals surface area (Å²) in [6.07, 6.45) is 4.57. The highest BCUT2D eigenvalue weighted by Gasteiger charge is 2.01. The summed E-state index contributed by atoms with van der Waals surface area (Å²) in [5.41, 5.74) is 9.46. The molecule has 0 aromatic carbocycles. The third-order valence-electron chi connectivity index (χ3n) is 2.03. The van der Waals surface area contributed by atoms with Crippen LogP contribution in [0, 0.1) is 0 Å². The number of rotatable bonds is 3. The first-order valence-electron chi connectivity index (χ1n) is 4.52. The molecule has 0 radical (unpaired) electrons. The van der Waals surface area contributed by atoms with Crippen molar-refractivity contribution in [1.82, 2.24) is 4.98 Å². The highest BCUT2D eigenvalue weighted by molar-refractivity contribution is 5.67. The second-order valence-electron chi connectivity index (χ2n) is 3.25. The van der Waals surface area contributed by atoms with Crippen molar-refractivity contribution in [2.75, 3.05) is 6.54 Å². The van der Waals surface area contributed by atoms with Crippen LogP contribution in [0.1, 0.15) is 25.8 Å². The predicted octanol–water partition coefficient (Wildman–Crippen LogP) is 2.22. The largest absolute Gasteiger partial charge is 0.330 e. The molecule has 1 aromatic rings. The van der Waals surface area contributed by atoms with Gasteiger partial charge < -0.3 is 5.73 Å². The first-order valence-corrected chi connectivity index (χ1v) is 4.52. The molecule has 2 N–H and O–H groups in total. The molecular formula is C11H16N2. The molecule has 0 fully saturated rings. The van der Waals surface area contributed by atoms with Crippen LogP contribution in [0.25, 0.3) is 5.57 Å². The second kappa shape index (κ2) is 4.77. The van der Waals surface area contributed by atoms with Gasteiger partial charge >= 0.3 is 0 Å². The molecule has 0 aliphatic heterocycles. The van der Waals surface area contributed by atoms with E-state index < -0.39 is 0 Å². The molecule has 0 unspecified atom stereocenters. The average Bonchev–Trinajstić information content (AvgIpc) is 2.15. The van der Waals surface area contributed by atoms with Crippen LogP contribution < -0.4 is 5.73 Å². The Morgan fingerprint density at radius 2 is 1.92 bits per heavy atom. The molecule has 0 saturated heterocycles. The van der Waals surface area contributed by atoms with Crippen LogP contribution in [0.4, 0.5) is 0 Å². The van der Waals surface area contributed by atoms with E-state index in [1.54, 1.807) is 0 Å². The van der Waals surface area contributed by atoms with E-state index in [0.29, 0.717) is 6.54 Å². The Balaban J connectivity index is 2.97. The van der Waals surface area contributed by atoms with Crippen molar-refractivity contribution in [3.8, 4) is 0 Å². The van der Waals surface area contributed by atoms with Gasteiger partial charge in [-0.15, -0.1) is 0 Å². The molecule has 2 nitrogen and oxygen atoms in total. The Hall–Kier alpha value is -1.15. The number of allylic oxidation sites excluding steroid dienone is 1. The van der Waals surface area contributed by atoms with E-state index in [4.69, 9.17) is 5.73 Å². The van der Waals surface area contributed by atoms with Crippen molar-refractivity contribution in [3.63, 3.8) is 0 Å². The van der Waals surface area contributed by atoms with Crippen molar-refractivity contribution in [3.05, 3.63) is 35.7 Å². The van der Waals surface area contributed by atoms with Crippen molar-refractivity contribution < 1.29 is 0 Å². The number of nitrogens with two attached hydrogens (primary N) is 1. The van der Waals surface area contributed by atoms with E-state index >= 15 is 0 Å². The smallest absolute Gasteiger partial charge is 0.0273 e. The molecule has 1 aromatic heterocycles. The van der Waals surface area contributed by atoms with Gasteiger partial charge in [0.1, 0.15) is 0 Å². The fourth-order valence-corrected chi connectivity index (χ4v) is 1.38. The van der Waals surface area contributed by atoms with Gasteiger partial charge in [0.05, 0.1) is 0 Å². The van der Waals surface area contributed by atoms with E-state index in [0.717, 1.165) is 6.42 Å². The Kier molecular flexibility index (Phi) is 3.65. The SMILES string of the molecule is CC(C)=C(CCN)c1ccncc1. The molecule has 0 amide bonds. The summed E-state index contributed by atoms with van der Waals surface area (Å²) >= 11 is 0. The predicted molar refractivity (Wildman–Crippen MR) is 56.2 cm³/mol. The maximum atomic E-state index is 5.55. The topological polar surface area (TPSA) is 38.9 Å². The molecule has 1 rings (SSSR count). The van der Waals surface area contributed by atoms with Crippen molar-refractivity contribution in [1.29, 1.82) is 0 Å². The highest BCUT2D eigenvalue weighted by Crippen LogP contribution is 2.20. The zero-order valence-corrected chi connectivity index (χ0v) is 8.25. The maximum absolute atomic E-state index is 5.55. The molecule has 13 heavy (non-hydrogen) atoms. The van der Waals surface area contributed by atoms with Crippen LogP contribution in [-0.4, -0.2) is 11.5 Å². The Labute approximate surface area is 79.5 Å². The summed E-state index contributed by atoms with van der Waals surface area (Å²) < 4.78 is 0. The summed E-state index contributed by atoms with van der Waals surface area (Å²) in [4.78, 5) is 3.99. The normalized spacial score (nSPS) is 9.77. The summed E-state index contributed by atoms with van der Waals surface area (Å²) in [5.74, 6) is 0. The molecule has 0 aliphatic carbocycles. The first kappa shape index (κ1) is 9.93. The van der Waals surface area contributed by atoms with Gasteiger partial charge in [0.2, 0.25) is 0 Å². The molecule has 0 bridgehead atoms. The molecule has 1 heterocycles. The van der Waals surface area contributed by atoms with E-state index in [1.807, 2.05) is 24.5 Å². The lowest BCUT2D eigenvalue weighted by Crippen LogP contribution is -2.01. The first-order chi connectivity index (χ1) is 6.25. The zero-order chi connectivity index (χ0) is 9.68. The number of nitrogens with zero attached hydrogens (tertiary/aromatic N) is 1. The van der Waals surface area contributed by atoms with Gasteiger partial charge in [-0.25, -0.2) is 0 Å². The van der Waals surface area contributed by atoms with Gasteiger partial charge in [-0.1, -0.05) is 5.57 Å². The fraction of sp³-hybridized carbons (Fsp3) is 0.364. The maximum Gasteiger partial charge on any atom is 0.0273 e. The van der Waals surface area contributed by atoms with Crippen LogP contribution in [0.15, 0.2) is 30.1 Å². The van der Waals surface area contributed by atoms with E-state index in [1.165, 1.54) is 16.7 Å². The molecule has 0 aliphatic rings. The minimum absolute atomic E-state index is 0.697.